The van der Waals surface area contributed by atoms with Gasteiger partial charge in [0.15, 0.2) is 0 Å². The van der Waals surface area contributed by atoms with Gasteiger partial charge in [-0.3, -0.25) is 4.79 Å². The molecular weight excluding hydrogens is 190 g/mol. The third kappa shape index (κ3) is 2.64. The van der Waals surface area contributed by atoms with Crippen LogP contribution < -0.4 is 5.73 Å². The number of piperidine rings is 1. The summed E-state index contributed by atoms with van der Waals surface area (Å²) in [5.41, 5.74) is 5.41. The van der Waals surface area contributed by atoms with E-state index >= 15 is 0 Å². The number of carbonyl (C=O) groups excluding carboxylic acids is 1. The Labute approximate surface area is 82.2 Å². The Balaban J connectivity index is 2.51. The first-order valence-electron chi connectivity index (χ1n) is 4.85. The predicted molar refractivity (Wildman–Crippen MR) is 49.0 cm³/mol. The number of rotatable bonds is 2. The van der Waals surface area contributed by atoms with Gasteiger partial charge in [0.25, 0.3) is 0 Å². The van der Waals surface area contributed by atoms with E-state index in [0.29, 0.717) is 19.4 Å². The number of likely N-dealkylation sites (tertiary alicyclic amines) is 1. The molecule has 5 heteroatoms. The summed E-state index contributed by atoms with van der Waals surface area (Å²) in [7, 11) is 0. The van der Waals surface area contributed by atoms with E-state index in [1.165, 1.54) is 4.90 Å². The SMILES string of the molecule is C[C@H](N)C(=O)N1CCC[C@H](C(F)F)C1. The van der Waals surface area contributed by atoms with Crippen molar-refractivity contribution in [3.63, 3.8) is 0 Å². The first-order valence-corrected chi connectivity index (χ1v) is 4.85. The van der Waals surface area contributed by atoms with Gasteiger partial charge in [-0.25, -0.2) is 8.78 Å². The van der Waals surface area contributed by atoms with Crippen molar-refractivity contribution >= 4 is 5.91 Å². The third-order valence-electron chi connectivity index (χ3n) is 2.52. The molecule has 1 amide bonds. The number of hydrogen-bond acceptors (Lipinski definition) is 2. The Morgan fingerprint density at radius 3 is 2.71 bits per heavy atom. The monoisotopic (exact) mass is 206 g/mol. The van der Waals surface area contributed by atoms with Crippen LogP contribution in [0, 0.1) is 5.92 Å². The second-order valence-electron chi connectivity index (χ2n) is 3.81. The fraction of sp³-hybridized carbons (Fsp3) is 0.889. The van der Waals surface area contributed by atoms with E-state index in [-0.39, 0.29) is 12.5 Å². The topological polar surface area (TPSA) is 46.3 Å². The first-order chi connectivity index (χ1) is 6.52. The maximum absolute atomic E-state index is 12.4. The van der Waals surface area contributed by atoms with Crippen LogP contribution >= 0.6 is 0 Å². The summed E-state index contributed by atoms with van der Waals surface area (Å²) in [6, 6.07) is -0.591. The lowest BCUT2D eigenvalue weighted by atomic mass is 9.98. The van der Waals surface area contributed by atoms with Crippen LogP contribution in [0.4, 0.5) is 8.78 Å². The highest BCUT2D eigenvalue weighted by Gasteiger charge is 2.30. The molecule has 82 valence electrons. The highest BCUT2D eigenvalue weighted by atomic mass is 19.3. The molecule has 0 bridgehead atoms. The van der Waals surface area contributed by atoms with E-state index < -0.39 is 18.4 Å². The van der Waals surface area contributed by atoms with Crippen molar-refractivity contribution in [3.8, 4) is 0 Å². The Hall–Kier alpha value is -0.710. The Kier molecular flexibility index (Phi) is 3.80. The molecular formula is C9H16F2N2O. The number of carbonyl (C=O) groups is 1. The molecule has 0 radical (unpaired) electrons. The minimum absolute atomic E-state index is 0.151. The quantitative estimate of drug-likeness (QED) is 0.727. The van der Waals surface area contributed by atoms with Crippen LogP contribution in [-0.2, 0) is 4.79 Å². The van der Waals surface area contributed by atoms with E-state index in [1.807, 2.05) is 0 Å². The van der Waals surface area contributed by atoms with Gasteiger partial charge < -0.3 is 10.6 Å². The molecule has 0 aromatic carbocycles. The van der Waals surface area contributed by atoms with Crippen molar-refractivity contribution in [2.24, 2.45) is 11.7 Å². The molecule has 0 saturated carbocycles. The number of alkyl halides is 2. The van der Waals surface area contributed by atoms with Crippen molar-refractivity contribution in [2.45, 2.75) is 32.2 Å². The normalized spacial score (nSPS) is 25.2. The summed E-state index contributed by atoms with van der Waals surface area (Å²) in [4.78, 5) is 12.9. The Bertz CT molecular complexity index is 209. The van der Waals surface area contributed by atoms with Crippen molar-refractivity contribution in [1.29, 1.82) is 0 Å². The average Bonchev–Trinajstić information content (AvgIpc) is 2.16. The van der Waals surface area contributed by atoms with E-state index in [4.69, 9.17) is 5.73 Å². The van der Waals surface area contributed by atoms with Crippen LogP contribution in [0.3, 0.4) is 0 Å². The van der Waals surface area contributed by atoms with Gasteiger partial charge in [-0.2, -0.15) is 0 Å². The first kappa shape index (κ1) is 11.4. The number of halogens is 2. The summed E-state index contributed by atoms with van der Waals surface area (Å²) >= 11 is 0. The highest BCUT2D eigenvalue weighted by molar-refractivity contribution is 5.81. The van der Waals surface area contributed by atoms with E-state index in [1.54, 1.807) is 6.92 Å². The fourth-order valence-corrected chi connectivity index (χ4v) is 1.70. The molecule has 3 nitrogen and oxygen atoms in total. The molecule has 1 saturated heterocycles. The number of hydrogen-bond donors (Lipinski definition) is 1. The molecule has 0 aromatic rings. The lowest BCUT2D eigenvalue weighted by molar-refractivity contribution is -0.135. The lowest BCUT2D eigenvalue weighted by Gasteiger charge is -2.33. The highest BCUT2D eigenvalue weighted by Crippen LogP contribution is 2.22. The van der Waals surface area contributed by atoms with Gasteiger partial charge in [0, 0.05) is 19.0 Å². The Morgan fingerprint density at radius 2 is 2.21 bits per heavy atom. The number of nitrogens with zero attached hydrogens (tertiary/aromatic N) is 1. The van der Waals surface area contributed by atoms with Crippen molar-refractivity contribution in [1.82, 2.24) is 4.90 Å². The largest absolute Gasteiger partial charge is 0.341 e. The number of nitrogens with two attached hydrogens (primary N) is 1. The average molecular weight is 206 g/mol. The zero-order valence-corrected chi connectivity index (χ0v) is 8.25. The van der Waals surface area contributed by atoms with Gasteiger partial charge in [0.05, 0.1) is 6.04 Å². The van der Waals surface area contributed by atoms with E-state index in [0.717, 1.165) is 0 Å². The molecule has 0 aromatic heterocycles. The second kappa shape index (κ2) is 4.68. The van der Waals surface area contributed by atoms with Crippen LogP contribution in [0.2, 0.25) is 0 Å². The van der Waals surface area contributed by atoms with Crippen LogP contribution in [0.15, 0.2) is 0 Å². The maximum Gasteiger partial charge on any atom is 0.243 e. The zero-order chi connectivity index (χ0) is 10.7. The molecule has 14 heavy (non-hydrogen) atoms. The summed E-state index contributed by atoms with van der Waals surface area (Å²) < 4.78 is 24.8. The van der Waals surface area contributed by atoms with Crippen LogP contribution in [0.1, 0.15) is 19.8 Å². The smallest absolute Gasteiger partial charge is 0.243 e. The van der Waals surface area contributed by atoms with Crippen LogP contribution in [-0.4, -0.2) is 36.4 Å². The predicted octanol–water partition coefficient (Wildman–Crippen LogP) is 0.837. The van der Waals surface area contributed by atoms with Gasteiger partial charge in [-0.15, -0.1) is 0 Å². The molecule has 1 rings (SSSR count). The molecule has 0 aliphatic carbocycles. The molecule has 1 heterocycles. The minimum atomic E-state index is -2.33. The van der Waals surface area contributed by atoms with Crippen LogP contribution in [0.25, 0.3) is 0 Å². The lowest BCUT2D eigenvalue weighted by Crippen LogP contribution is -2.48. The van der Waals surface area contributed by atoms with Gasteiger partial charge in [0.1, 0.15) is 0 Å². The van der Waals surface area contributed by atoms with Crippen molar-refractivity contribution in [3.05, 3.63) is 0 Å². The van der Waals surface area contributed by atoms with Crippen molar-refractivity contribution < 1.29 is 13.6 Å². The summed E-state index contributed by atoms with van der Waals surface area (Å²) in [5, 5.41) is 0. The molecule has 2 atom stereocenters. The Morgan fingerprint density at radius 1 is 1.57 bits per heavy atom. The zero-order valence-electron chi connectivity index (χ0n) is 8.25. The molecule has 1 aliphatic heterocycles. The fourth-order valence-electron chi connectivity index (χ4n) is 1.70. The molecule has 0 spiro atoms. The second-order valence-corrected chi connectivity index (χ2v) is 3.81. The standard InChI is InChI=1S/C9H16F2N2O/c1-6(12)9(14)13-4-2-3-7(5-13)8(10)11/h6-8H,2-5,12H2,1H3/t6-,7-/m0/s1. The van der Waals surface area contributed by atoms with Gasteiger partial charge >= 0.3 is 0 Å². The molecule has 0 unspecified atom stereocenters. The van der Waals surface area contributed by atoms with Crippen molar-refractivity contribution in [2.75, 3.05) is 13.1 Å². The van der Waals surface area contributed by atoms with E-state index in [2.05, 4.69) is 0 Å². The third-order valence-corrected chi connectivity index (χ3v) is 2.52. The molecule has 1 fully saturated rings. The molecule has 1 aliphatic rings. The van der Waals surface area contributed by atoms with Gasteiger partial charge in [-0.05, 0) is 19.8 Å². The van der Waals surface area contributed by atoms with Gasteiger partial charge in [-0.1, -0.05) is 0 Å². The molecule has 2 N–H and O–H groups in total. The maximum atomic E-state index is 12.4. The summed E-state index contributed by atoms with van der Waals surface area (Å²) in [6.07, 6.45) is -1.19. The van der Waals surface area contributed by atoms with Crippen LogP contribution in [0.5, 0.6) is 0 Å². The number of amides is 1. The minimum Gasteiger partial charge on any atom is -0.341 e. The van der Waals surface area contributed by atoms with E-state index in [9.17, 15) is 13.6 Å². The summed E-state index contributed by atoms with van der Waals surface area (Å²) in [6.45, 7) is 2.29. The van der Waals surface area contributed by atoms with Gasteiger partial charge in [0.2, 0.25) is 12.3 Å². The summed E-state index contributed by atoms with van der Waals surface area (Å²) in [5.74, 6) is -0.901.